The molecule has 0 radical (unpaired) electrons. The summed E-state index contributed by atoms with van der Waals surface area (Å²) in [6.45, 7) is 28.4. The summed E-state index contributed by atoms with van der Waals surface area (Å²) in [5, 5.41) is 25.7. The van der Waals surface area contributed by atoms with Crippen molar-refractivity contribution < 1.29 is 19.7 Å². The van der Waals surface area contributed by atoms with Crippen LogP contribution in [0.5, 0.6) is 23.0 Å². The number of thioether (sulfide) groups is 2. The summed E-state index contributed by atoms with van der Waals surface area (Å²) in [6.07, 6.45) is 10.4. The van der Waals surface area contributed by atoms with Crippen LogP contribution in [0.2, 0.25) is 0 Å². The summed E-state index contributed by atoms with van der Waals surface area (Å²) >= 11 is 7.29. The van der Waals surface area contributed by atoms with E-state index in [0.717, 1.165) is 139 Å². The third-order valence-electron chi connectivity index (χ3n) is 15.6. The molecule has 0 unspecified atom stereocenters. The second-order valence-electron chi connectivity index (χ2n) is 26.4. The number of nitrogens with zero attached hydrogens (tertiary/aromatic N) is 2. The van der Waals surface area contributed by atoms with Gasteiger partial charge in [-0.05, 0) is 138 Å². The SMILES string of the molecule is CC(C)(C)c1cc2c(O)c(c1)Cc1cc(C(C)(C)C)cc(c1OCCCCCCSc1nc3ccccc3s1)Cc1cc(C(C)(C)C)cc(c1O)Cc1cc(C(C)(C)C)cc(c1OCCCCCCSc1nc3ccccc3s1)C2. The van der Waals surface area contributed by atoms with E-state index in [1.807, 2.05) is 23.5 Å². The molecule has 6 nitrogen and oxygen atoms in total. The lowest BCUT2D eigenvalue weighted by Gasteiger charge is -2.28. The molecule has 0 spiro atoms. The number of phenols is 2. The zero-order chi connectivity index (χ0) is 57.0. The molecular formula is C70H86N2O4S4. The lowest BCUT2D eigenvalue weighted by molar-refractivity contribution is 0.299. The minimum Gasteiger partial charge on any atom is -0.507 e. The van der Waals surface area contributed by atoms with Gasteiger partial charge in [-0.25, -0.2) is 9.97 Å². The molecule has 80 heavy (non-hydrogen) atoms. The Bertz CT molecular complexity index is 3040. The molecule has 1 aliphatic rings. The van der Waals surface area contributed by atoms with Crippen LogP contribution in [0.1, 0.15) is 201 Å². The summed E-state index contributed by atoms with van der Waals surface area (Å²) in [7, 11) is 0. The molecule has 9 rings (SSSR count). The van der Waals surface area contributed by atoms with E-state index in [2.05, 4.69) is 180 Å². The third-order valence-corrected chi connectivity index (χ3v) is 20.1. The molecule has 0 atom stereocenters. The van der Waals surface area contributed by atoms with E-state index in [-0.39, 0.29) is 21.7 Å². The van der Waals surface area contributed by atoms with Crippen LogP contribution in [-0.2, 0) is 47.3 Å². The molecule has 2 aromatic heterocycles. The molecular weight excluding hydrogens is 1060 g/mol. The van der Waals surface area contributed by atoms with E-state index in [4.69, 9.17) is 19.4 Å². The fourth-order valence-corrected chi connectivity index (χ4v) is 14.9. The van der Waals surface area contributed by atoms with Crippen molar-refractivity contribution in [2.75, 3.05) is 24.7 Å². The maximum atomic E-state index is 12.8. The summed E-state index contributed by atoms with van der Waals surface area (Å²) in [6, 6.07) is 35.0. The molecule has 2 heterocycles. The van der Waals surface area contributed by atoms with Crippen LogP contribution in [0, 0.1) is 0 Å². The van der Waals surface area contributed by atoms with Crippen LogP contribution in [0.3, 0.4) is 0 Å². The minimum absolute atomic E-state index is 0.173. The van der Waals surface area contributed by atoms with Gasteiger partial charge < -0.3 is 19.7 Å². The van der Waals surface area contributed by atoms with E-state index in [1.165, 1.54) is 31.7 Å². The zero-order valence-corrected chi connectivity index (χ0v) is 53.1. The topological polar surface area (TPSA) is 84.7 Å². The van der Waals surface area contributed by atoms with Crippen LogP contribution < -0.4 is 9.47 Å². The van der Waals surface area contributed by atoms with Crippen LogP contribution >= 0.6 is 46.2 Å². The highest BCUT2D eigenvalue weighted by Gasteiger charge is 2.29. The molecule has 0 fully saturated rings. The zero-order valence-electron chi connectivity index (χ0n) is 49.8. The first-order valence-electron chi connectivity index (χ1n) is 29.2. The summed E-state index contributed by atoms with van der Waals surface area (Å²) < 4.78 is 19.0. The van der Waals surface area contributed by atoms with Crippen LogP contribution in [-0.4, -0.2) is 44.9 Å². The average molecular weight is 1150 g/mol. The van der Waals surface area contributed by atoms with Crippen LogP contribution in [0.4, 0.5) is 0 Å². The number of unbranched alkanes of at least 4 members (excludes halogenated alkanes) is 6. The van der Waals surface area contributed by atoms with E-state index >= 15 is 0 Å². The predicted octanol–water partition coefficient (Wildman–Crippen LogP) is 19.6. The number of aromatic nitrogens is 2. The van der Waals surface area contributed by atoms with Crippen molar-refractivity contribution in [3.05, 3.63) is 164 Å². The first-order chi connectivity index (χ1) is 38.0. The van der Waals surface area contributed by atoms with Crippen molar-refractivity contribution in [1.82, 2.24) is 9.97 Å². The molecule has 0 saturated carbocycles. The number of rotatable bonds is 18. The van der Waals surface area contributed by atoms with Gasteiger partial charge in [0.15, 0.2) is 8.68 Å². The number of phenolic OH excluding ortho intramolecular Hbond substituents is 2. The highest BCUT2D eigenvalue weighted by atomic mass is 32.2. The maximum Gasteiger partial charge on any atom is 0.151 e. The number of thiazole rings is 2. The van der Waals surface area contributed by atoms with E-state index < -0.39 is 0 Å². The largest absolute Gasteiger partial charge is 0.507 e. The highest BCUT2D eigenvalue weighted by Crippen LogP contribution is 2.44. The highest BCUT2D eigenvalue weighted by molar-refractivity contribution is 8.01. The monoisotopic (exact) mass is 1150 g/mol. The Kier molecular flexibility index (Phi) is 18.8. The Morgan fingerprint density at radius 1 is 0.400 bits per heavy atom. The minimum atomic E-state index is -0.182. The molecule has 0 amide bonds. The van der Waals surface area contributed by atoms with Gasteiger partial charge in [-0.15, -0.1) is 22.7 Å². The number of aromatic hydroxyl groups is 2. The molecule has 424 valence electrons. The van der Waals surface area contributed by atoms with Gasteiger partial charge in [0, 0.05) is 37.2 Å². The first kappa shape index (κ1) is 59.6. The van der Waals surface area contributed by atoms with Gasteiger partial charge in [-0.2, -0.15) is 0 Å². The van der Waals surface area contributed by atoms with Crippen molar-refractivity contribution in [3.63, 3.8) is 0 Å². The van der Waals surface area contributed by atoms with Crippen molar-refractivity contribution in [2.24, 2.45) is 0 Å². The van der Waals surface area contributed by atoms with Gasteiger partial charge in [0.1, 0.15) is 23.0 Å². The molecule has 2 N–H and O–H groups in total. The van der Waals surface area contributed by atoms with Gasteiger partial charge in [-0.3, -0.25) is 0 Å². The number of para-hydroxylation sites is 2. The van der Waals surface area contributed by atoms with E-state index in [9.17, 15) is 10.2 Å². The van der Waals surface area contributed by atoms with Gasteiger partial charge in [0.25, 0.3) is 0 Å². The van der Waals surface area contributed by atoms with Gasteiger partial charge in [0.05, 0.1) is 33.6 Å². The Balaban J connectivity index is 1.05. The van der Waals surface area contributed by atoms with E-state index in [0.29, 0.717) is 50.4 Å². The smallest absolute Gasteiger partial charge is 0.151 e. The molecule has 6 aromatic carbocycles. The fraction of sp³-hybridized carbons (Fsp3) is 0.457. The Morgan fingerprint density at radius 3 is 0.988 bits per heavy atom. The predicted molar refractivity (Wildman–Crippen MR) is 344 cm³/mol. The van der Waals surface area contributed by atoms with Crippen molar-refractivity contribution in [1.29, 1.82) is 0 Å². The lowest BCUT2D eigenvalue weighted by atomic mass is 9.79. The molecule has 8 bridgehead atoms. The number of ether oxygens (including phenoxy) is 2. The quantitative estimate of drug-likeness (QED) is 0.0649. The maximum absolute atomic E-state index is 12.8. The average Bonchev–Trinajstić information content (AvgIpc) is 4.03. The number of hydrogen-bond donors (Lipinski definition) is 2. The second kappa shape index (κ2) is 25.2. The van der Waals surface area contributed by atoms with Gasteiger partial charge >= 0.3 is 0 Å². The van der Waals surface area contributed by atoms with E-state index in [1.54, 1.807) is 22.7 Å². The third kappa shape index (κ3) is 15.0. The lowest BCUT2D eigenvalue weighted by Crippen LogP contribution is -2.17. The fourth-order valence-electron chi connectivity index (χ4n) is 10.6. The molecule has 1 aliphatic carbocycles. The van der Waals surface area contributed by atoms with Crippen molar-refractivity contribution >= 4 is 66.6 Å². The van der Waals surface area contributed by atoms with Gasteiger partial charge in [0.2, 0.25) is 0 Å². The van der Waals surface area contributed by atoms with Crippen LogP contribution in [0.25, 0.3) is 20.4 Å². The first-order valence-corrected chi connectivity index (χ1v) is 32.8. The van der Waals surface area contributed by atoms with Crippen molar-refractivity contribution in [3.8, 4) is 23.0 Å². The van der Waals surface area contributed by atoms with Crippen LogP contribution in [0.15, 0.2) is 106 Å². The molecule has 8 aromatic rings. The summed E-state index contributed by atoms with van der Waals surface area (Å²) in [4.78, 5) is 9.67. The van der Waals surface area contributed by atoms with Gasteiger partial charge in [-0.1, -0.05) is 205 Å². The normalized spacial score (nSPS) is 13.3. The molecule has 0 aliphatic heterocycles. The summed E-state index contributed by atoms with van der Waals surface area (Å²) in [5.41, 5.74) is 14.0. The summed E-state index contributed by atoms with van der Waals surface area (Å²) in [5.74, 6) is 4.49. The Morgan fingerprint density at radius 2 is 0.688 bits per heavy atom. The standard InChI is InChI=1S/C70H86N2O4S4/c1-67(2,3)53-37-45-33-49-41-55(69(7,8)9)43-51(63(49)75-29-21-13-15-23-31-77-65-71-57-25-17-19-27-59(57)79-65)35-47-39-54(68(4,5)6)40-48(62(47)74)36-52-44-56(70(10,11)12)42-50(34-46(38-53)61(45)73)64(52)76-30-22-14-16-24-32-78-66-72-58-26-18-20-28-60(58)80-66/h17-20,25-28,37-44,73-74H,13-16,21-24,29-36H2,1-12H3. The second-order valence-corrected chi connectivity index (χ2v) is 31.1. The number of hydrogen-bond acceptors (Lipinski definition) is 10. The molecule has 0 saturated heterocycles. The molecule has 10 heteroatoms. The number of benzene rings is 6. The van der Waals surface area contributed by atoms with Crippen molar-refractivity contribution in [2.45, 2.75) is 190 Å². The number of fused-ring (bicyclic) bond motifs is 10. The Hall–Kier alpha value is -5.00. The Labute approximate surface area is 495 Å².